The third-order valence-corrected chi connectivity index (χ3v) is 5.66. The largest absolute Gasteiger partial charge is 0.483 e. The van der Waals surface area contributed by atoms with Crippen molar-refractivity contribution in [2.45, 2.75) is 36.3 Å². The lowest BCUT2D eigenvalue weighted by Crippen LogP contribution is -2.11. The summed E-state index contributed by atoms with van der Waals surface area (Å²) in [4.78, 5) is 12.0. The van der Waals surface area contributed by atoms with Gasteiger partial charge in [-0.05, 0) is 37.1 Å². The molecule has 1 aromatic heterocycles. The molecule has 7 heteroatoms. The van der Waals surface area contributed by atoms with Gasteiger partial charge in [-0.25, -0.2) is 4.39 Å². The summed E-state index contributed by atoms with van der Waals surface area (Å²) in [6, 6.07) is 15.9. The first-order chi connectivity index (χ1) is 13.2. The fourth-order valence-corrected chi connectivity index (χ4v) is 4.24. The first-order valence-corrected chi connectivity index (χ1v) is 9.67. The molecule has 0 amide bonds. The molecule has 27 heavy (non-hydrogen) atoms. The molecule has 3 aromatic rings. The number of thioether (sulfide) groups is 1. The van der Waals surface area contributed by atoms with Gasteiger partial charge >= 0.3 is 0 Å². The van der Waals surface area contributed by atoms with Gasteiger partial charge in [0.25, 0.3) is 0 Å². The molecule has 2 aromatic carbocycles. The number of carbonyl (C=O) groups is 1. The number of nitrogens with zero attached hydrogens (tertiary/aromatic N) is 3. The zero-order chi connectivity index (χ0) is 18.6. The summed E-state index contributed by atoms with van der Waals surface area (Å²) in [5.41, 5.74) is 0.877. The van der Waals surface area contributed by atoms with Crippen molar-refractivity contribution in [3.8, 4) is 11.4 Å². The highest BCUT2D eigenvalue weighted by atomic mass is 32.2. The highest BCUT2D eigenvalue weighted by Crippen LogP contribution is 2.33. The number of rotatable bonds is 6. The molecule has 0 aliphatic heterocycles. The molecule has 0 unspecified atom stereocenters. The molecule has 138 valence electrons. The number of para-hydroxylation sites is 2. The third-order valence-electron chi connectivity index (χ3n) is 4.40. The maximum Gasteiger partial charge on any atom is 0.196 e. The van der Waals surface area contributed by atoms with Crippen LogP contribution in [-0.4, -0.2) is 25.8 Å². The van der Waals surface area contributed by atoms with Crippen molar-refractivity contribution < 1.29 is 13.9 Å². The highest BCUT2D eigenvalue weighted by Gasteiger charge is 2.28. The summed E-state index contributed by atoms with van der Waals surface area (Å²) in [5, 5.41) is 9.07. The van der Waals surface area contributed by atoms with Crippen LogP contribution in [-0.2, 0) is 11.4 Å². The molecule has 1 atom stereocenters. The Morgan fingerprint density at radius 2 is 1.89 bits per heavy atom. The Bertz CT molecular complexity index is 945. The van der Waals surface area contributed by atoms with Crippen molar-refractivity contribution in [2.75, 3.05) is 0 Å². The van der Waals surface area contributed by atoms with Crippen molar-refractivity contribution in [3.05, 3.63) is 66.2 Å². The minimum atomic E-state index is -0.422. The zero-order valence-corrected chi connectivity index (χ0v) is 15.4. The summed E-state index contributed by atoms with van der Waals surface area (Å²) in [6.07, 6.45) is 2.39. The second-order valence-electron chi connectivity index (χ2n) is 6.25. The molecule has 0 N–H and O–H groups in total. The number of carbonyl (C=O) groups excluding carboxylic acids is 1. The van der Waals surface area contributed by atoms with Gasteiger partial charge in [0.1, 0.15) is 12.4 Å². The molecular formula is C20H18FN3O2S. The van der Waals surface area contributed by atoms with E-state index in [2.05, 4.69) is 10.2 Å². The highest BCUT2D eigenvalue weighted by molar-refractivity contribution is 8.00. The predicted octanol–water partition coefficient (Wildman–Crippen LogP) is 4.20. The minimum absolute atomic E-state index is 0.0714. The van der Waals surface area contributed by atoms with Gasteiger partial charge in [0.2, 0.25) is 0 Å². The lowest BCUT2D eigenvalue weighted by molar-refractivity contribution is -0.116. The van der Waals surface area contributed by atoms with Crippen molar-refractivity contribution in [1.29, 1.82) is 0 Å². The number of hydrogen-bond donors (Lipinski definition) is 0. The van der Waals surface area contributed by atoms with E-state index in [1.54, 1.807) is 18.2 Å². The molecule has 4 rings (SSSR count). The number of ether oxygens (including phenoxy) is 1. The number of hydrogen-bond acceptors (Lipinski definition) is 5. The standard InChI is InChI=1S/C20H18FN3O2S/c21-15-9-4-5-11-17(15)26-13-19-22-23-20(27-18-12-6-10-16(18)25)24(19)14-7-2-1-3-8-14/h1-5,7-9,11,18H,6,10,12-13H2/t18-/m0/s1. The van der Waals surface area contributed by atoms with Crippen LogP contribution < -0.4 is 4.74 Å². The van der Waals surface area contributed by atoms with E-state index < -0.39 is 5.82 Å². The van der Waals surface area contributed by atoms with Gasteiger partial charge in [-0.1, -0.05) is 42.1 Å². The number of benzene rings is 2. The van der Waals surface area contributed by atoms with E-state index in [0.717, 1.165) is 18.5 Å². The maximum atomic E-state index is 13.8. The molecular weight excluding hydrogens is 365 g/mol. The average molecular weight is 383 g/mol. The Hall–Kier alpha value is -2.67. The molecule has 1 saturated carbocycles. The van der Waals surface area contributed by atoms with Crippen molar-refractivity contribution in [2.24, 2.45) is 0 Å². The fraction of sp³-hybridized carbons (Fsp3) is 0.250. The summed E-state index contributed by atoms with van der Waals surface area (Å²) < 4.78 is 21.3. The first kappa shape index (κ1) is 17.7. The van der Waals surface area contributed by atoms with Gasteiger partial charge in [-0.3, -0.25) is 9.36 Å². The topological polar surface area (TPSA) is 57.0 Å². The number of ketones is 1. The van der Waals surface area contributed by atoms with E-state index in [-0.39, 0.29) is 23.4 Å². The first-order valence-electron chi connectivity index (χ1n) is 8.79. The van der Waals surface area contributed by atoms with Crippen LogP contribution in [0, 0.1) is 5.82 Å². The number of halogens is 1. The SMILES string of the molecule is O=C1CCC[C@@H]1Sc1nnc(COc2ccccc2F)n1-c1ccccc1. The van der Waals surface area contributed by atoms with Gasteiger partial charge in [0.15, 0.2) is 22.5 Å². The quantitative estimate of drug-likeness (QED) is 0.639. The summed E-state index contributed by atoms with van der Waals surface area (Å²) >= 11 is 1.44. The van der Waals surface area contributed by atoms with Crippen LogP contribution in [0.1, 0.15) is 25.1 Å². The van der Waals surface area contributed by atoms with E-state index in [1.807, 2.05) is 34.9 Å². The second kappa shape index (κ2) is 7.92. The van der Waals surface area contributed by atoms with Gasteiger partial charge in [0.05, 0.1) is 5.25 Å². The normalized spacial score (nSPS) is 16.6. The molecule has 1 fully saturated rings. The van der Waals surface area contributed by atoms with Gasteiger partial charge in [-0.2, -0.15) is 0 Å². The van der Waals surface area contributed by atoms with Crippen LogP contribution in [0.2, 0.25) is 0 Å². The smallest absolute Gasteiger partial charge is 0.196 e. The van der Waals surface area contributed by atoms with Gasteiger partial charge in [0, 0.05) is 12.1 Å². The van der Waals surface area contributed by atoms with Crippen molar-refractivity contribution in [1.82, 2.24) is 14.8 Å². The minimum Gasteiger partial charge on any atom is -0.483 e. The van der Waals surface area contributed by atoms with Crippen LogP contribution in [0.15, 0.2) is 59.8 Å². The monoisotopic (exact) mass is 383 g/mol. The Labute approximate surface area is 160 Å². The van der Waals surface area contributed by atoms with Crippen LogP contribution in [0.3, 0.4) is 0 Å². The molecule has 1 aliphatic rings. The Morgan fingerprint density at radius 3 is 2.63 bits per heavy atom. The van der Waals surface area contributed by atoms with E-state index in [9.17, 15) is 9.18 Å². The summed E-state index contributed by atoms with van der Waals surface area (Å²) in [6.45, 7) is 0.0714. The van der Waals surface area contributed by atoms with Crippen molar-refractivity contribution >= 4 is 17.5 Å². The maximum absolute atomic E-state index is 13.8. The van der Waals surface area contributed by atoms with E-state index >= 15 is 0 Å². The average Bonchev–Trinajstić information content (AvgIpc) is 3.28. The van der Waals surface area contributed by atoms with E-state index in [1.165, 1.54) is 17.8 Å². The van der Waals surface area contributed by atoms with Gasteiger partial charge < -0.3 is 4.74 Å². The van der Waals surface area contributed by atoms with E-state index in [4.69, 9.17) is 4.74 Å². The molecule has 0 radical (unpaired) electrons. The molecule has 1 heterocycles. The molecule has 1 aliphatic carbocycles. The third kappa shape index (κ3) is 3.88. The molecule has 0 bridgehead atoms. The second-order valence-corrected chi connectivity index (χ2v) is 7.42. The summed E-state index contributed by atoms with van der Waals surface area (Å²) in [7, 11) is 0. The van der Waals surface area contributed by atoms with Crippen LogP contribution >= 0.6 is 11.8 Å². The Balaban J connectivity index is 1.63. The van der Waals surface area contributed by atoms with Crippen LogP contribution in [0.4, 0.5) is 4.39 Å². The van der Waals surface area contributed by atoms with Crippen molar-refractivity contribution in [3.63, 3.8) is 0 Å². The molecule has 5 nitrogen and oxygen atoms in total. The molecule has 0 saturated heterocycles. The van der Waals surface area contributed by atoms with Crippen LogP contribution in [0.25, 0.3) is 5.69 Å². The fourth-order valence-electron chi connectivity index (χ4n) is 3.05. The predicted molar refractivity (Wildman–Crippen MR) is 101 cm³/mol. The Morgan fingerprint density at radius 1 is 1.11 bits per heavy atom. The van der Waals surface area contributed by atoms with Gasteiger partial charge in [-0.15, -0.1) is 10.2 Å². The number of Topliss-reactive ketones (excluding diaryl/α,β-unsaturated/α-hetero) is 1. The lowest BCUT2D eigenvalue weighted by Gasteiger charge is -2.13. The van der Waals surface area contributed by atoms with E-state index in [0.29, 0.717) is 17.4 Å². The Kier molecular flexibility index (Phi) is 5.20. The summed E-state index contributed by atoms with van der Waals surface area (Å²) in [5.74, 6) is 0.555. The van der Waals surface area contributed by atoms with Crippen LogP contribution in [0.5, 0.6) is 5.75 Å². The molecule has 0 spiro atoms. The lowest BCUT2D eigenvalue weighted by atomic mass is 10.3. The zero-order valence-electron chi connectivity index (χ0n) is 14.5. The number of aromatic nitrogens is 3.